The Hall–Kier alpha value is -1.53. The molecule has 0 atom stereocenters. The minimum Gasteiger partial charge on any atom is -0.381 e. The first-order valence-corrected chi connectivity index (χ1v) is 6.77. The fraction of sp³-hybridized carbons (Fsp3) is 0.250. The summed E-state index contributed by atoms with van der Waals surface area (Å²) in [5.74, 6) is 1.12. The van der Waals surface area contributed by atoms with Crippen LogP contribution >= 0.6 is 23.4 Å². The van der Waals surface area contributed by atoms with E-state index < -0.39 is 0 Å². The van der Waals surface area contributed by atoms with Crippen molar-refractivity contribution in [3.63, 3.8) is 0 Å². The SMILES string of the molecule is Cc1cnc(Sc2ccnc(N(C)C)c2Cl)c(N)n1. The highest BCUT2D eigenvalue weighted by molar-refractivity contribution is 7.99. The molecule has 2 heterocycles. The number of pyridine rings is 1. The average Bonchev–Trinajstić information content (AvgIpc) is 2.34. The summed E-state index contributed by atoms with van der Waals surface area (Å²) in [5, 5.41) is 1.22. The molecular formula is C12H14ClN5S. The van der Waals surface area contributed by atoms with Gasteiger partial charge in [0.15, 0.2) is 5.82 Å². The monoisotopic (exact) mass is 295 g/mol. The van der Waals surface area contributed by atoms with Gasteiger partial charge in [0.2, 0.25) is 0 Å². The fourth-order valence-electron chi connectivity index (χ4n) is 1.47. The van der Waals surface area contributed by atoms with E-state index in [2.05, 4.69) is 15.0 Å². The molecule has 2 N–H and O–H groups in total. The normalized spacial score (nSPS) is 10.5. The maximum absolute atomic E-state index is 6.32. The first kappa shape index (κ1) is 13.9. The summed E-state index contributed by atoms with van der Waals surface area (Å²) in [5.41, 5.74) is 6.64. The molecule has 2 rings (SSSR count). The number of hydrogen-bond donors (Lipinski definition) is 1. The van der Waals surface area contributed by atoms with E-state index in [9.17, 15) is 0 Å². The summed E-state index contributed by atoms with van der Waals surface area (Å²) in [6, 6.07) is 1.83. The van der Waals surface area contributed by atoms with E-state index in [4.69, 9.17) is 17.3 Å². The molecule has 0 unspecified atom stereocenters. The molecule has 0 aliphatic carbocycles. The maximum atomic E-state index is 6.32. The van der Waals surface area contributed by atoms with Crippen LogP contribution in [0.5, 0.6) is 0 Å². The zero-order chi connectivity index (χ0) is 14.0. The number of nitrogens with zero attached hydrogens (tertiary/aromatic N) is 4. The summed E-state index contributed by atoms with van der Waals surface area (Å²) in [7, 11) is 3.78. The topological polar surface area (TPSA) is 67.9 Å². The van der Waals surface area contributed by atoms with E-state index in [0.29, 0.717) is 21.7 Å². The summed E-state index contributed by atoms with van der Waals surface area (Å²) >= 11 is 7.71. The molecule has 7 heteroatoms. The second-order valence-corrected chi connectivity index (χ2v) is 5.55. The predicted molar refractivity (Wildman–Crippen MR) is 78.9 cm³/mol. The number of hydrogen-bond acceptors (Lipinski definition) is 6. The number of rotatable bonds is 3. The third-order valence-electron chi connectivity index (χ3n) is 2.35. The van der Waals surface area contributed by atoms with Gasteiger partial charge in [0.25, 0.3) is 0 Å². The van der Waals surface area contributed by atoms with Gasteiger partial charge in [0.1, 0.15) is 10.8 Å². The lowest BCUT2D eigenvalue weighted by atomic mass is 10.4. The van der Waals surface area contributed by atoms with Crippen molar-refractivity contribution in [2.24, 2.45) is 0 Å². The Labute approximate surface area is 121 Å². The van der Waals surface area contributed by atoms with Gasteiger partial charge in [-0.15, -0.1) is 0 Å². The molecule has 0 bridgehead atoms. The first-order valence-electron chi connectivity index (χ1n) is 5.58. The van der Waals surface area contributed by atoms with Crippen LogP contribution in [0.1, 0.15) is 5.69 Å². The molecule has 100 valence electrons. The smallest absolute Gasteiger partial charge is 0.156 e. The van der Waals surface area contributed by atoms with Crippen molar-refractivity contribution in [2.45, 2.75) is 16.8 Å². The Balaban J connectivity index is 2.36. The van der Waals surface area contributed by atoms with Crippen LogP contribution in [0, 0.1) is 6.92 Å². The molecule has 0 aliphatic heterocycles. The van der Waals surface area contributed by atoms with E-state index in [1.165, 1.54) is 11.8 Å². The van der Waals surface area contributed by atoms with Crippen molar-refractivity contribution in [1.29, 1.82) is 0 Å². The molecule has 2 aromatic rings. The summed E-state index contributed by atoms with van der Waals surface area (Å²) < 4.78 is 0. The fourth-order valence-corrected chi connectivity index (χ4v) is 2.64. The van der Waals surface area contributed by atoms with Crippen LogP contribution in [0.15, 0.2) is 28.4 Å². The first-order chi connectivity index (χ1) is 8.99. The lowest BCUT2D eigenvalue weighted by Crippen LogP contribution is -2.11. The third-order valence-corrected chi connectivity index (χ3v) is 3.90. The van der Waals surface area contributed by atoms with Gasteiger partial charge in [0, 0.05) is 31.4 Å². The Morgan fingerprint density at radius 2 is 2.05 bits per heavy atom. The molecule has 5 nitrogen and oxygen atoms in total. The number of anilines is 2. The second-order valence-electron chi connectivity index (χ2n) is 4.14. The molecule has 0 saturated heterocycles. The van der Waals surface area contributed by atoms with E-state index in [1.54, 1.807) is 12.4 Å². The predicted octanol–water partition coefficient (Wildman–Crippen LogP) is 2.63. The molecule has 0 aliphatic rings. The highest BCUT2D eigenvalue weighted by atomic mass is 35.5. The molecule has 0 fully saturated rings. The van der Waals surface area contributed by atoms with E-state index >= 15 is 0 Å². The molecular weight excluding hydrogens is 282 g/mol. The van der Waals surface area contributed by atoms with Crippen LogP contribution in [-0.2, 0) is 0 Å². The molecule has 0 aromatic carbocycles. The van der Waals surface area contributed by atoms with Crippen LogP contribution in [-0.4, -0.2) is 29.0 Å². The van der Waals surface area contributed by atoms with Crippen LogP contribution in [0.3, 0.4) is 0 Å². The molecule has 2 aromatic heterocycles. The van der Waals surface area contributed by atoms with E-state index in [1.807, 2.05) is 32.0 Å². The summed E-state index contributed by atoms with van der Waals surface area (Å²) in [6.07, 6.45) is 3.39. The summed E-state index contributed by atoms with van der Waals surface area (Å²) in [6.45, 7) is 1.85. The van der Waals surface area contributed by atoms with Gasteiger partial charge in [-0.05, 0) is 13.0 Å². The van der Waals surface area contributed by atoms with Gasteiger partial charge in [-0.3, -0.25) is 0 Å². The number of aryl methyl sites for hydroxylation is 1. The van der Waals surface area contributed by atoms with Crippen LogP contribution in [0.25, 0.3) is 0 Å². The third kappa shape index (κ3) is 3.08. The minimum absolute atomic E-state index is 0.407. The minimum atomic E-state index is 0.407. The molecule has 0 saturated carbocycles. The molecule has 0 amide bonds. The lowest BCUT2D eigenvalue weighted by molar-refractivity contribution is 1.02. The molecule has 19 heavy (non-hydrogen) atoms. The Bertz CT molecular complexity index is 603. The number of nitrogen functional groups attached to an aromatic ring is 1. The van der Waals surface area contributed by atoms with Crippen molar-refractivity contribution in [1.82, 2.24) is 15.0 Å². The van der Waals surface area contributed by atoms with Gasteiger partial charge in [-0.1, -0.05) is 23.4 Å². The van der Waals surface area contributed by atoms with Gasteiger partial charge in [0.05, 0.1) is 10.7 Å². The number of aromatic nitrogens is 3. The molecule has 0 radical (unpaired) electrons. The zero-order valence-corrected chi connectivity index (χ0v) is 12.5. The van der Waals surface area contributed by atoms with Crippen LogP contribution < -0.4 is 10.6 Å². The van der Waals surface area contributed by atoms with Crippen LogP contribution in [0.4, 0.5) is 11.6 Å². The maximum Gasteiger partial charge on any atom is 0.156 e. The van der Waals surface area contributed by atoms with Crippen molar-refractivity contribution in [3.8, 4) is 0 Å². The second kappa shape index (κ2) is 5.63. The van der Waals surface area contributed by atoms with Crippen molar-refractivity contribution in [3.05, 3.63) is 29.2 Å². The van der Waals surface area contributed by atoms with Gasteiger partial charge < -0.3 is 10.6 Å². The largest absolute Gasteiger partial charge is 0.381 e. The van der Waals surface area contributed by atoms with Crippen molar-refractivity contribution < 1.29 is 0 Å². The zero-order valence-electron chi connectivity index (χ0n) is 10.9. The van der Waals surface area contributed by atoms with Crippen molar-refractivity contribution >= 4 is 35.0 Å². The average molecular weight is 296 g/mol. The number of nitrogens with two attached hydrogens (primary N) is 1. The Morgan fingerprint density at radius 1 is 1.32 bits per heavy atom. The van der Waals surface area contributed by atoms with E-state index in [0.717, 1.165) is 10.6 Å². The van der Waals surface area contributed by atoms with Crippen molar-refractivity contribution in [2.75, 3.05) is 24.7 Å². The van der Waals surface area contributed by atoms with Gasteiger partial charge in [-0.2, -0.15) is 0 Å². The summed E-state index contributed by atoms with van der Waals surface area (Å²) in [4.78, 5) is 15.4. The highest BCUT2D eigenvalue weighted by Gasteiger charge is 2.13. The Kier molecular flexibility index (Phi) is 4.11. The number of halogens is 1. The van der Waals surface area contributed by atoms with Crippen LogP contribution in [0.2, 0.25) is 5.02 Å². The quantitative estimate of drug-likeness (QED) is 0.939. The standard InChI is InChI=1S/C12H14ClN5S/c1-7-6-16-12(10(14)17-7)19-8-4-5-15-11(9(8)13)18(2)3/h4-6H,1-3H3,(H2,14,17). The Morgan fingerprint density at radius 3 is 2.68 bits per heavy atom. The molecule has 0 spiro atoms. The van der Waals surface area contributed by atoms with E-state index in [-0.39, 0.29) is 0 Å². The van der Waals surface area contributed by atoms with Gasteiger partial charge in [-0.25, -0.2) is 15.0 Å². The lowest BCUT2D eigenvalue weighted by Gasteiger charge is -2.14. The highest BCUT2D eigenvalue weighted by Crippen LogP contribution is 2.37. The van der Waals surface area contributed by atoms with Gasteiger partial charge >= 0.3 is 0 Å².